The molecule has 0 unspecified atom stereocenters. The van der Waals surface area contributed by atoms with Crippen LogP contribution in [-0.2, 0) is 14.3 Å². The zero-order valence-corrected chi connectivity index (χ0v) is 14.8. The molecule has 0 spiro atoms. The summed E-state index contributed by atoms with van der Waals surface area (Å²) >= 11 is 1.31. The number of carbonyl (C=O) groups is 4. The molecular formula is C16H19N3O5S. The van der Waals surface area contributed by atoms with E-state index in [1.54, 1.807) is 6.92 Å². The second-order valence-electron chi connectivity index (χ2n) is 6.10. The lowest BCUT2D eigenvalue weighted by molar-refractivity contribution is -0.130. The van der Waals surface area contributed by atoms with Gasteiger partial charge in [0.15, 0.2) is 6.61 Å². The number of imide groups is 1. The van der Waals surface area contributed by atoms with Gasteiger partial charge in [-0.1, -0.05) is 0 Å². The molecule has 2 N–H and O–H groups in total. The van der Waals surface area contributed by atoms with E-state index in [1.807, 2.05) is 6.92 Å². The molecule has 9 heteroatoms. The number of aryl methyl sites for hydroxylation is 1. The van der Waals surface area contributed by atoms with Gasteiger partial charge in [-0.15, -0.1) is 11.3 Å². The van der Waals surface area contributed by atoms with E-state index in [0.717, 1.165) is 22.6 Å². The van der Waals surface area contributed by atoms with E-state index < -0.39 is 24.5 Å². The molecule has 2 heterocycles. The summed E-state index contributed by atoms with van der Waals surface area (Å²) in [5, 5.41) is 5.74. The van der Waals surface area contributed by atoms with E-state index in [4.69, 9.17) is 4.74 Å². The van der Waals surface area contributed by atoms with Gasteiger partial charge in [0.25, 0.3) is 5.91 Å². The number of nitrogens with zero attached hydrogens (tertiary/aromatic N) is 1. The third kappa shape index (κ3) is 3.65. The highest BCUT2D eigenvalue weighted by Crippen LogP contribution is 2.36. The van der Waals surface area contributed by atoms with Crippen molar-refractivity contribution in [1.82, 2.24) is 10.2 Å². The zero-order chi connectivity index (χ0) is 18.1. The largest absolute Gasteiger partial charge is 0.452 e. The van der Waals surface area contributed by atoms with Gasteiger partial charge in [-0.05, 0) is 32.3 Å². The first-order valence-electron chi connectivity index (χ1n) is 8.04. The molecule has 1 saturated heterocycles. The Kier molecular flexibility index (Phi) is 4.76. The van der Waals surface area contributed by atoms with Gasteiger partial charge in [-0.25, -0.2) is 9.59 Å². The molecule has 2 aliphatic rings. The molecule has 1 aliphatic carbocycles. The summed E-state index contributed by atoms with van der Waals surface area (Å²) in [6.45, 7) is 3.75. The number of amides is 4. The van der Waals surface area contributed by atoms with E-state index in [1.165, 1.54) is 11.3 Å². The third-order valence-corrected chi connectivity index (χ3v) is 5.38. The summed E-state index contributed by atoms with van der Waals surface area (Å²) in [5.41, 5.74) is 0.989. The van der Waals surface area contributed by atoms with Crippen LogP contribution in [0.5, 0.6) is 0 Å². The van der Waals surface area contributed by atoms with Crippen molar-refractivity contribution in [2.24, 2.45) is 5.92 Å². The number of urea groups is 1. The van der Waals surface area contributed by atoms with Gasteiger partial charge in [0.05, 0.1) is 5.56 Å². The molecule has 134 valence electrons. The molecule has 1 aromatic rings. The van der Waals surface area contributed by atoms with Crippen molar-refractivity contribution in [2.45, 2.75) is 26.7 Å². The SMILES string of the molecule is Cc1sc(NC(=O)C2CC2)c(C(=O)OCC(=O)N2CCNC2=O)c1C. The number of hydrogen-bond donors (Lipinski definition) is 2. The normalized spacial score (nSPS) is 16.6. The van der Waals surface area contributed by atoms with Crippen LogP contribution < -0.4 is 10.6 Å². The van der Waals surface area contributed by atoms with Crippen molar-refractivity contribution in [3.05, 3.63) is 16.0 Å². The molecule has 0 bridgehead atoms. The molecule has 0 aromatic carbocycles. The third-order valence-electron chi connectivity index (χ3n) is 4.26. The molecule has 4 amide bonds. The molecule has 1 saturated carbocycles. The van der Waals surface area contributed by atoms with E-state index in [-0.39, 0.29) is 23.9 Å². The van der Waals surface area contributed by atoms with Crippen LogP contribution in [0.1, 0.15) is 33.6 Å². The molecule has 1 aliphatic heterocycles. The maximum absolute atomic E-state index is 12.4. The quantitative estimate of drug-likeness (QED) is 0.768. The van der Waals surface area contributed by atoms with Crippen molar-refractivity contribution in [2.75, 3.05) is 25.0 Å². The predicted molar refractivity (Wildman–Crippen MR) is 90.5 cm³/mol. The van der Waals surface area contributed by atoms with E-state index in [0.29, 0.717) is 17.1 Å². The van der Waals surface area contributed by atoms with Gasteiger partial charge < -0.3 is 15.4 Å². The average Bonchev–Trinajstić information content (AvgIpc) is 3.28. The standard InChI is InChI=1S/C16H19N3O5S/c1-8-9(2)25-14(18-13(21)10-3-4-10)12(8)15(22)24-7-11(20)19-6-5-17-16(19)23/h10H,3-7H2,1-2H3,(H,17,23)(H,18,21). The number of nitrogens with one attached hydrogen (secondary N) is 2. The number of thiophene rings is 1. The first-order valence-corrected chi connectivity index (χ1v) is 8.86. The molecule has 2 fully saturated rings. The van der Waals surface area contributed by atoms with Crippen LogP contribution in [0.4, 0.5) is 9.80 Å². The lowest BCUT2D eigenvalue weighted by atomic mass is 10.1. The lowest BCUT2D eigenvalue weighted by Crippen LogP contribution is -2.37. The van der Waals surface area contributed by atoms with Crippen molar-refractivity contribution >= 4 is 40.2 Å². The van der Waals surface area contributed by atoms with Crippen molar-refractivity contribution in [1.29, 1.82) is 0 Å². The van der Waals surface area contributed by atoms with E-state index in [9.17, 15) is 19.2 Å². The Balaban J connectivity index is 1.67. The number of hydrogen-bond acceptors (Lipinski definition) is 6. The molecule has 0 atom stereocenters. The first-order chi connectivity index (χ1) is 11.9. The molecule has 8 nitrogen and oxygen atoms in total. The average molecular weight is 365 g/mol. The highest BCUT2D eigenvalue weighted by molar-refractivity contribution is 7.16. The number of esters is 1. The molecule has 25 heavy (non-hydrogen) atoms. The van der Waals surface area contributed by atoms with E-state index >= 15 is 0 Å². The van der Waals surface area contributed by atoms with Crippen molar-refractivity contribution < 1.29 is 23.9 Å². The van der Waals surface area contributed by atoms with E-state index in [2.05, 4.69) is 10.6 Å². The molecule has 1 aromatic heterocycles. The Morgan fingerprint density at radius 1 is 1.32 bits per heavy atom. The van der Waals surface area contributed by atoms with Crippen LogP contribution >= 0.6 is 11.3 Å². The van der Waals surface area contributed by atoms with Gasteiger partial charge in [0, 0.05) is 23.9 Å². The molecule has 3 rings (SSSR count). The van der Waals surface area contributed by atoms with Crippen LogP contribution in [0.25, 0.3) is 0 Å². The van der Waals surface area contributed by atoms with Crippen LogP contribution in [0.15, 0.2) is 0 Å². The van der Waals surface area contributed by atoms with Gasteiger partial charge in [-0.3, -0.25) is 14.5 Å². The van der Waals surface area contributed by atoms with Crippen LogP contribution in [-0.4, -0.2) is 48.4 Å². The number of ether oxygens (including phenoxy) is 1. The fourth-order valence-electron chi connectivity index (χ4n) is 2.51. The Morgan fingerprint density at radius 2 is 2.04 bits per heavy atom. The minimum absolute atomic E-state index is 0.0156. The summed E-state index contributed by atoms with van der Waals surface area (Å²) in [7, 11) is 0. The van der Waals surface area contributed by atoms with Crippen molar-refractivity contribution in [3.8, 4) is 0 Å². The number of rotatable bonds is 5. The summed E-state index contributed by atoms with van der Waals surface area (Å²) in [5.74, 6) is -1.33. The Hall–Kier alpha value is -2.42. The summed E-state index contributed by atoms with van der Waals surface area (Å²) in [6.07, 6.45) is 1.72. The lowest BCUT2D eigenvalue weighted by Gasteiger charge is -2.12. The maximum atomic E-state index is 12.4. The maximum Gasteiger partial charge on any atom is 0.341 e. The Morgan fingerprint density at radius 3 is 2.64 bits per heavy atom. The predicted octanol–water partition coefficient (Wildman–Crippen LogP) is 1.42. The molecule has 0 radical (unpaired) electrons. The number of carbonyl (C=O) groups excluding carboxylic acids is 4. The van der Waals surface area contributed by atoms with Gasteiger partial charge in [-0.2, -0.15) is 0 Å². The van der Waals surface area contributed by atoms with Gasteiger partial charge in [0.2, 0.25) is 5.91 Å². The minimum atomic E-state index is -0.680. The first kappa shape index (κ1) is 17.4. The highest BCUT2D eigenvalue weighted by Gasteiger charge is 2.32. The Labute approximate surface area is 148 Å². The molecular weight excluding hydrogens is 346 g/mol. The van der Waals surface area contributed by atoms with Crippen LogP contribution in [0.2, 0.25) is 0 Å². The van der Waals surface area contributed by atoms with Crippen LogP contribution in [0.3, 0.4) is 0 Å². The fraction of sp³-hybridized carbons (Fsp3) is 0.500. The second-order valence-corrected chi connectivity index (χ2v) is 7.33. The topological polar surface area (TPSA) is 105 Å². The van der Waals surface area contributed by atoms with Gasteiger partial charge >= 0.3 is 12.0 Å². The smallest absolute Gasteiger partial charge is 0.341 e. The zero-order valence-electron chi connectivity index (χ0n) is 14.0. The van der Waals surface area contributed by atoms with Gasteiger partial charge in [0.1, 0.15) is 5.00 Å². The highest BCUT2D eigenvalue weighted by atomic mass is 32.1. The second kappa shape index (κ2) is 6.83. The monoisotopic (exact) mass is 365 g/mol. The minimum Gasteiger partial charge on any atom is -0.452 e. The summed E-state index contributed by atoms with van der Waals surface area (Å²) in [4.78, 5) is 49.7. The van der Waals surface area contributed by atoms with Crippen molar-refractivity contribution in [3.63, 3.8) is 0 Å². The summed E-state index contributed by atoms with van der Waals surface area (Å²) < 4.78 is 5.09. The fourth-order valence-corrected chi connectivity index (χ4v) is 3.56. The van der Waals surface area contributed by atoms with Crippen LogP contribution in [0, 0.1) is 19.8 Å². The number of anilines is 1. The Bertz CT molecular complexity index is 753. The summed E-state index contributed by atoms with van der Waals surface area (Å²) in [6, 6.07) is -0.485.